The molecule has 0 aromatic rings. The number of hydrogen-bond donors (Lipinski definition) is 2. The Morgan fingerprint density at radius 1 is 1.10 bits per heavy atom. The van der Waals surface area contributed by atoms with Gasteiger partial charge in [-0.1, -0.05) is 32.6 Å². The summed E-state index contributed by atoms with van der Waals surface area (Å²) < 4.78 is 5.95. The molecule has 4 nitrogen and oxygen atoms in total. The maximum absolute atomic E-state index is 5.95. The lowest BCUT2D eigenvalue weighted by Gasteiger charge is -2.16. The van der Waals surface area contributed by atoms with E-state index in [0.29, 0.717) is 6.10 Å². The molecule has 0 unspecified atom stereocenters. The fourth-order valence-corrected chi connectivity index (χ4v) is 2.37. The van der Waals surface area contributed by atoms with Crippen LogP contribution in [0.5, 0.6) is 0 Å². The van der Waals surface area contributed by atoms with Crippen LogP contribution in [0.25, 0.3) is 0 Å². The van der Waals surface area contributed by atoms with E-state index in [2.05, 4.69) is 29.5 Å². The molecule has 1 rings (SSSR count). The molecule has 0 radical (unpaired) electrons. The topological polar surface area (TPSA) is 45.7 Å². The summed E-state index contributed by atoms with van der Waals surface area (Å²) in [6.45, 7) is 7.62. The maximum atomic E-state index is 5.95. The third-order valence-corrected chi connectivity index (χ3v) is 3.39. The maximum Gasteiger partial charge on any atom is 0.191 e. The highest BCUT2D eigenvalue weighted by Crippen LogP contribution is 2.19. The van der Waals surface area contributed by atoms with Crippen molar-refractivity contribution in [3.05, 3.63) is 0 Å². The van der Waals surface area contributed by atoms with Crippen LogP contribution in [0.1, 0.15) is 58.8 Å². The molecule has 5 heteroatoms. The van der Waals surface area contributed by atoms with Crippen molar-refractivity contribution >= 4 is 29.9 Å². The zero-order valence-electron chi connectivity index (χ0n) is 13.1. The van der Waals surface area contributed by atoms with E-state index in [4.69, 9.17) is 4.74 Å². The van der Waals surface area contributed by atoms with Gasteiger partial charge in [-0.05, 0) is 26.2 Å². The Labute approximate surface area is 141 Å². The molecule has 20 heavy (non-hydrogen) atoms. The van der Waals surface area contributed by atoms with E-state index in [-0.39, 0.29) is 24.0 Å². The lowest BCUT2D eigenvalue weighted by Crippen LogP contribution is -2.39. The van der Waals surface area contributed by atoms with Crippen molar-refractivity contribution < 1.29 is 4.74 Å². The van der Waals surface area contributed by atoms with Gasteiger partial charge in [0.05, 0.1) is 12.7 Å². The predicted molar refractivity (Wildman–Crippen MR) is 97.1 cm³/mol. The third-order valence-electron chi connectivity index (χ3n) is 3.39. The molecule has 1 fully saturated rings. The lowest BCUT2D eigenvalue weighted by molar-refractivity contribution is 0.0468. The highest BCUT2D eigenvalue weighted by molar-refractivity contribution is 14.0. The van der Waals surface area contributed by atoms with Crippen LogP contribution in [0.2, 0.25) is 0 Å². The lowest BCUT2D eigenvalue weighted by atomic mass is 10.1. The Morgan fingerprint density at radius 2 is 1.80 bits per heavy atom. The third kappa shape index (κ3) is 9.80. The Morgan fingerprint density at radius 3 is 2.40 bits per heavy atom. The number of hydrogen-bond acceptors (Lipinski definition) is 2. The van der Waals surface area contributed by atoms with Gasteiger partial charge in [-0.25, -0.2) is 0 Å². The predicted octanol–water partition coefficient (Wildman–Crippen LogP) is 3.31. The first-order valence-electron chi connectivity index (χ1n) is 8.00. The first kappa shape index (κ1) is 20.0. The second-order valence-electron chi connectivity index (χ2n) is 5.17. The molecule has 0 saturated heterocycles. The standard InChI is InChI=1S/C15H31N3O.HI/c1-3-11-17-15(16-4-2)18-12-13-19-14-9-7-5-6-8-10-14;/h14H,3-13H2,1-2H3,(H2,16,17,18);1H. The van der Waals surface area contributed by atoms with E-state index in [0.717, 1.165) is 38.6 Å². The van der Waals surface area contributed by atoms with Crippen molar-refractivity contribution in [2.75, 3.05) is 26.2 Å². The van der Waals surface area contributed by atoms with Crippen molar-refractivity contribution in [3.8, 4) is 0 Å². The molecule has 1 saturated carbocycles. The van der Waals surface area contributed by atoms with E-state index in [1.165, 1.54) is 38.5 Å². The summed E-state index contributed by atoms with van der Waals surface area (Å²) >= 11 is 0. The zero-order valence-corrected chi connectivity index (χ0v) is 15.4. The van der Waals surface area contributed by atoms with E-state index in [9.17, 15) is 0 Å². The summed E-state index contributed by atoms with van der Waals surface area (Å²) in [5, 5.41) is 6.57. The zero-order chi connectivity index (χ0) is 13.8. The van der Waals surface area contributed by atoms with Crippen LogP contribution in [0.15, 0.2) is 4.99 Å². The monoisotopic (exact) mass is 397 g/mol. The molecule has 2 N–H and O–H groups in total. The van der Waals surface area contributed by atoms with Crippen molar-refractivity contribution in [2.45, 2.75) is 64.9 Å². The minimum atomic E-state index is 0. The smallest absolute Gasteiger partial charge is 0.191 e. The normalized spacial score (nSPS) is 17.2. The van der Waals surface area contributed by atoms with Crippen molar-refractivity contribution in [1.82, 2.24) is 10.6 Å². The molecule has 1 aliphatic carbocycles. The van der Waals surface area contributed by atoms with Crippen molar-refractivity contribution in [1.29, 1.82) is 0 Å². The van der Waals surface area contributed by atoms with Crippen LogP contribution < -0.4 is 10.6 Å². The molecule has 0 heterocycles. The molecule has 1 aliphatic rings. The van der Waals surface area contributed by atoms with E-state index >= 15 is 0 Å². The Kier molecular flexibility index (Phi) is 13.9. The molecule has 0 amide bonds. The van der Waals surface area contributed by atoms with Gasteiger partial charge in [0.15, 0.2) is 5.96 Å². The van der Waals surface area contributed by atoms with Gasteiger partial charge < -0.3 is 15.4 Å². The van der Waals surface area contributed by atoms with Gasteiger partial charge in [-0.3, -0.25) is 4.99 Å². The van der Waals surface area contributed by atoms with E-state index in [1.54, 1.807) is 0 Å². The number of nitrogens with one attached hydrogen (secondary N) is 2. The Balaban J connectivity index is 0.00000361. The number of aliphatic imine (C=N–C) groups is 1. The molecule has 0 aromatic heterocycles. The second-order valence-corrected chi connectivity index (χ2v) is 5.17. The van der Waals surface area contributed by atoms with Crippen LogP contribution in [-0.2, 0) is 4.74 Å². The molecular weight excluding hydrogens is 365 g/mol. The van der Waals surface area contributed by atoms with Crippen LogP contribution in [0, 0.1) is 0 Å². The summed E-state index contributed by atoms with van der Waals surface area (Å²) in [6.07, 6.45) is 9.47. The van der Waals surface area contributed by atoms with Crippen LogP contribution in [0.4, 0.5) is 0 Å². The number of ether oxygens (including phenoxy) is 1. The molecular formula is C15H32IN3O. The Hall–Kier alpha value is -0.0400. The molecule has 120 valence electrons. The fraction of sp³-hybridized carbons (Fsp3) is 0.933. The minimum Gasteiger partial charge on any atom is -0.376 e. The highest BCUT2D eigenvalue weighted by Gasteiger charge is 2.11. The van der Waals surface area contributed by atoms with Crippen molar-refractivity contribution in [2.24, 2.45) is 4.99 Å². The highest BCUT2D eigenvalue weighted by atomic mass is 127. The van der Waals surface area contributed by atoms with Gasteiger partial charge in [0, 0.05) is 19.6 Å². The average Bonchev–Trinajstić information content (AvgIpc) is 2.69. The van der Waals surface area contributed by atoms with Gasteiger partial charge in [0.25, 0.3) is 0 Å². The number of rotatable bonds is 7. The fourth-order valence-electron chi connectivity index (χ4n) is 2.37. The van der Waals surface area contributed by atoms with Crippen LogP contribution in [0.3, 0.4) is 0 Å². The molecule has 0 aromatic carbocycles. The summed E-state index contributed by atoms with van der Waals surface area (Å²) in [5.41, 5.74) is 0. The first-order chi connectivity index (χ1) is 9.36. The Bertz CT molecular complexity index is 241. The van der Waals surface area contributed by atoms with Crippen LogP contribution >= 0.6 is 24.0 Å². The van der Waals surface area contributed by atoms with E-state index < -0.39 is 0 Å². The molecule has 0 spiro atoms. The molecule has 0 bridgehead atoms. The SMILES string of the molecule is CCCN=C(NCC)NCCOC1CCCCCC1.I. The summed E-state index contributed by atoms with van der Waals surface area (Å²) in [5.74, 6) is 0.911. The quantitative estimate of drug-likeness (QED) is 0.228. The average molecular weight is 397 g/mol. The largest absolute Gasteiger partial charge is 0.376 e. The second kappa shape index (κ2) is 13.9. The number of guanidine groups is 1. The van der Waals surface area contributed by atoms with E-state index in [1.807, 2.05) is 0 Å². The summed E-state index contributed by atoms with van der Waals surface area (Å²) in [4.78, 5) is 4.47. The summed E-state index contributed by atoms with van der Waals surface area (Å²) in [7, 11) is 0. The van der Waals surface area contributed by atoms with Gasteiger partial charge in [0.2, 0.25) is 0 Å². The first-order valence-corrected chi connectivity index (χ1v) is 8.00. The number of halogens is 1. The molecule has 0 aliphatic heterocycles. The van der Waals surface area contributed by atoms with Gasteiger partial charge in [0.1, 0.15) is 0 Å². The van der Waals surface area contributed by atoms with Gasteiger partial charge in [-0.2, -0.15) is 0 Å². The minimum absolute atomic E-state index is 0. The number of nitrogens with zero attached hydrogens (tertiary/aromatic N) is 1. The molecule has 0 atom stereocenters. The van der Waals surface area contributed by atoms with Crippen LogP contribution in [-0.4, -0.2) is 38.3 Å². The van der Waals surface area contributed by atoms with Gasteiger partial charge in [-0.15, -0.1) is 24.0 Å². The summed E-state index contributed by atoms with van der Waals surface area (Å²) in [6, 6.07) is 0. The van der Waals surface area contributed by atoms with Crippen molar-refractivity contribution in [3.63, 3.8) is 0 Å². The van der Waals surface area contributed by atoms with Gasteiger partial charge >= 0.3 is 0 Å².